The van der Waals surface area contributed by atoms with Crippen molar-refractivity contribution < 1.29 is 9.53 Å². The van der Waals surface area contributed by atoms with Crippen LogP contribution in [-0.2, 0) is 6.42 Å². The van der Waals surface area contributed by atoms with Crippen molar-refractivity contribution in [2.75, 3.05) is 20.2 Å². The first-order valence-corrected chi connectivity index (χ1v) is 8.23. The number of hydrogen-bond donors (Lipinski definition) is 0. The first-order valence-electron chi connectivity index (χ1n) is 8.23. The Bertz CT molecular complexity index is 646. The summed E-state index contributed by atoms with van der Waals surface area (Å²) in [5, 5.41) is 0. The fourth-order valence-electron chi connectivity index (χ4n) is 3.23. The van der Waals surface area contributed by atoms with Crippen LogP contribution in [0, 0.1) is 5.92 Å². The van der Waals surface area contributed by atoms with E-state index in [0.717, 1.165) is 38.1 Å². The third kappa shape index (κ3) is 3.92. The van der Waals surface area contributed by atoms with Crippen molar-refractivity contribution in [2.45, 2.75) is 19.3 Å². The molecule has 1 aliphatic heterocycles. The third-order valence-corrected chi connectivity index (χ3v) is 4.59. The van der Waals surface area contributed by atoms with E-state index in [9.17, 15) is 4.79 Å². The zero-order chi connectivity index (χ0) is 16.1. The molecule has 0 radical (unpaired) electrons. The van der Waals surface area contributed by atoms with Crippen molar-refractivity contribution in [1.82, 2.24) is 4.90 Å². The Morgan fingerprint density at radius 3 is 2.52 bits per heavy atom. The smallest absolute Gasteiger partial charge is 0.253 e. The maximum atomic E-state index is 12.6. The number of amides is 1. The highest BCUT2D eigenvalue weighted by Crippen LogP contribution is 2.23. The van der Waals surface area contributed by atoms with E-state index in [4.69, 9.17) is 4.74 Å². The topological polar surface area (TPSA) is 29.5 Å². The van der Waals surface area contributed by atoms with Crippen LogP contribution in [0.4, 0.5) is 0 Å². The molecule has 2 aromatic rings. The van der Waals surface area contributed by atoms with Gasteiger partial charge in [-0.15, -0.1) is 0 Å². The van der Waals surface area contributed by atoms with Crippen LogP contribution in [0.3, 0.4) is 0 Å². The molecule has 0 saturated carbocycles. The average Bonchev–Trinajstić information content (AvgIpc) is 2.63. The molecule has 0 aromatic heterocycles. The first kappa shape index (κ1) is 15.6. The fourth-order valence-corrected chi connectivity index (χ4v) is 3.23. The lowest BCUT2D eigenvalue weighted by molar-refractivity contribution is 0.0690. The predicted octanol–water partition coefficient (Wildman–Crippen LogP) is 3.79. The van der Waals surface area contributed by atoms with Crippen LogP contribution < -0.4 is 4.74 Å². The molecule has 0 bridgehead atoms. The van der Waals surface area contributed by atoms with Crippen LogP contribution in [0.15, 0.2) is 54.6 Å². The van der Waals surface area contributed by atoms with E-state index in [1.165, 1.54) is 5.56 Å². The number of piperidine rings is 1. The van der Waals surface area contributed by atoms with Gasteiger partial charge in [0.1, 0.15) is 5.75 Å². The van der Waals surface area contributed by atoms with Gasteiger partial charge in [0.2, 0.25) is 0 Å². The summed E-state index contributed by atoms with van der Waals surface area (Å²) in [6, 6.07) is 18.0. The molecule has 1 fully saturated rings. The van der Waals surface area contributed by atoms with E-state index in [1.54, 1.807) is 7.11 Å². The zero-order valence-corrected chi connectivity index (χ0v) is 13.6. The molecule has 0 unspecified atom stereocenters. The SMILES string of the molecule is COc1cccc(C(=O)N2CCC(Cc3ccccc3)CC2)c1. The molecule has 1 aliphatic rings. The molecule has 120 valence electrons. The zero-order valence-electron chi connectivity index (χ0n) is 13.6. The van der Waals surface area contributed by atoms with Crippen molar-refractivity contribution >= 4 is 5.91 Å². The highest BCUT2D eigenvalue weighted by molar-refractivity contribution is 5.94. The fraction of sp³-hybridized carbons (Fsp3) is 0.350. The van der Waals surface area contributed by atoms with Gasteiger partial charge >= 0.3 is 0 Å². The standard InChI is InChI=1S/C20H23NO2/c1-23-19-9-5-8-18(15-19)20(22)21-12-10-17(11-13-21)14-16-6-3-2-4-7-16/h2-9,15,17H,10-14H2,1H3. The monoisotopic (exact) mass is 309 g/mol. The number of rotatable bonds is 4. The summed E-state index contributed by atoms with van der Waals surface area (Å²) in [5.74, 6) is 1.52. The van der Waals surface area contributed by atoms with E-state index in [0.29, 0.717) is 11.5 Å². The van der Waals surface area contributed by atoms with Crippen molar-refractivity contribution in [3.8, 4) is 5.75 Å². The lowest BCUT2D eigenvalue weighted by atomic mass is 9.90. The second-order valence-corrected chi connectivity index (χ2v) is 6.16. The number of methoxy groups -OCH3 is 1. The van der Waals surface area contributed by atoms with Crippen LogP contribution in [0.1, 0.15) is 28.8 Å². The number of hydrogen-bond acceptors (Lipinski definition) is 2. The van der Waals surface area contributed by atoms with E-state index in [1.807, 2.05) is 29.2 Å². The summed E-state index contributed by atoms with van der Waals surface area (Å²) in [4.78, 5) is 14.6. The number of ether oxygens (including phenoxy) is 1. The van der Waals surface area contributed by atoms with Crippen LogP contribution in [-0.4, -0.2) is 31.0 Å². The average molecular weight is 309 g/mol. The summed E-state index contributed by atoms with van der Waals surface area (Å²) in [6.07, 6.45) is 3.26. The van der Waals surface area contributed by atoms with Crippen molar-refractivity contribution in [3.63, 3.8) is 0 Å². The van der Waals surface area contributed by atoms with Gasteiger partial charge in [0.25, 0.3) is 5.91 Å². The normalized spacial score (nSPS) is 15.4. The molecule has 0 N–H and O–H groups in total. The molecule has 1 saturated heterocycles. The Balaban J connectivity index is 1.57. The molecular weight excluding hydrogens is 286 g/mol. The number of carbonyl (C=O) groups excluding carboxylic acids is 1. The van der Waals surface area contributed by atoms with Gasteiger partial charge in [-0.3, -0.25) is 4.79 Å². The minimum Gasteiger partial charge on any atom is -0.497 e. The molecule has 0 spiro atoms. The largest absolute Gasteiger partial charge is 0.497 e. The molecule has 0 aliphatic carbocycles. The van der Waals surface area contributed by atoms with Gasteiger partial charge < -0.3 is 9.64 Å². The molecule has 1 heterocycles. The summed E-state index contributed by atoms with van der Waals surface area (Å²) < 4.78 is 5.21. The molecule has 2 aromatic carbocycles. The number of benzene rings is 2. The Morgan fingerprint density at radius 1 is 1.09 bits per heavy atom. The Kier molecular flexibility index (Phi) is 4.96. The van der Waals surface area contributed by atoms with Gasteiger partial charge in [0, 0.05) is 18.7 Å². The van der Waals surface area contributed by atoms with Crippen LogP contribution in [0.2, 0.25) is 0 Å². The van der Waals surface area contributed by atoms with E-state index < -0.39 is 0 Å². The van der Waals surface area contributed by atoms with E-state index in [-0.39, 0.29) is 5.91 Å². The summed E-state index contributed by atoms with van der Waals surface area (Å²) in [6.45, 7) is 1.68. The summed E-state index contributed by atoms with van der Waals surface area (Å²) in [7, 11) is 1.62. The van der Waals surface area contributed by atoms with Crippen molar-refractivity contribution in [3.05, 3.63) is 65.7 Å². The number of carbonyl (C=O) groups is 1. The number of nitrogens with zero attached hydrogens (tertiary/aromatic N) is 1. The predicted molar refractivity (Wildman–Crippen MR) is 91.8 cm³/mol. The first-order chi connectivity index (χ1) is 11.3. The quantitative estimate of drug-likeness (QED) is 0.860. The van der Waals surface area contributed by atoms with Gasteiger partial charge in [0.05, 0.1) is 7.11 Å². The van der Waals surface area contributed by atoms with Gasteiger partial charge in [-0.1, -0.05) is 36.4 Å². The lowest BCUT2D eigenvalue weighted by Gasteiger charge is -2.32. The third-order valence-electron chi connectivity index (χ3n) is 4.59. The van der Waals surface area contributed by atoms with Gasteiger partial charge in [-0.2, -0.15) is 0 Å². The van der Waals surface area contributed by atoms with Crippen molar-refractivity contribution in [2.24, 2.45) is 5.92 Å². The van der Waals surface area contributed by atoms with Gasteiger partial charge in [-0.25, -0.2) is 0 Å². The Labute approximate surface area is 137 Å². The summed E-state index contributed by atoms with van der Waals surface area (Å²) >= 11 is 0. The molecule has 0 atom stereocenters. The maximum absolute atomic E-state index is 12.6. The van der Waals surface area contributed by atoms with Gasteiger partial charge in [-0.05, 0) is 48.9 Å². The second kappa shape index (κ2) is 7.32. The minimum absolute atomic E-state index is 0.113. The molecule has 23 heavy (non-hydrogen) atoms. The lowest BCUT2D eigenvalue weighted by Crippen LogP contribution is -2.38. The molecule has 1 amide bonds. The van der Waals surface area contributed by atoms with E-state index >= 15 is 0 Å². The van der Waals surface area contributed by atoms with Crippen LogP contribution in [0.25, 0.3) is 0 Å². The summed E-state index contributed by atoms with van der Waals surface area (Å²) in [5.41, 5.74) is 2.11. The van der Waals surface area contributed by atoms with Crippen LogP contribution >= 0.6 is 0 Å². The molecular formula is C20H23NO2. The highest BCUT2D eigenvalue weighted by atomic mass is 16.5. The highest BCUT2D eigenvalue weighted by Gasteiger charge is 2.23. The molecule has 3 heteroatoms. The Morgan fingerprint density at radius 2 is 1.83 bits per heavy atom. The number of likely N-dealkylation sites (tertiary alicyclic amines) is 1. The molecule has 3 nitrogen and oxygen atoms in total. The van der Waals surface area contributed by atoms with Gasteiger partial charge in [0.15, 0.2) is 0 Å². The minimum atomic E-state index is 0.113. The Hall–Kier alpha value is -2.29. The molecule has 3 rings (SSSR count). The van der Waals surface area contributed by atoms with Crippen molar-refractivity contribution in [1.29, 1.82) is 0 Å². The van der Waals surface area contributed by atoms with Crippen LogP contribution in [0.5, 0.6) is 5.75 Å². The maximum Gasteiger partial charge on any atom is 0.253 e. The van der Waals surface area contributed by atoms with E-state index in [2.05, 4.69) is 30.3 Å². The second-order valence-electron chi connectivity index (χ2n) is 6.16.